The third-order valence-electron chi connectivity index (χ3n) is 8.12. The van der Waals surface area contributed by atoms with Crippen molar-refractivity contribution in [1.82, 2.24) is 9.80 Å². The van der Waals surface area contributed by atoms with Gasteiger partial charge in [-0.1, -0.05) is 6.07 Å². The standard InChI is InChI=1S/C26H31F3N2O5/c1-16-22(23(32)31-9-5-17-3-4-19(26(27,28)29)13-18(17)14-31)25(36-24(16)33)7-10-30(11-8-25)20-6-12-35-15-21(20)34-2/h3-4,13,20-21H,5-12,14-15H2,1-2H3. The van der Waals surface area contributed by atoms with Crippen molar-refractivity contribution in [2.24, 2.45) is 0 Å². The number of alkyl halides is 3. The molecule has 1 aromatic rings. The van der Waals surface area contributed by atoms with Crippen molar-refractivity contribution in [3.63, 3.8) is 0 Å². The van der Waals surface area contributed by atoms with E-state index in [-0.39, 0.29) is 24.6 Å². The van der Waals surface area contributed by atoms with E-state index in [2.05, 4.69) is 4.90 Å². The molecule has 0 aliphatic carbocycles. The van der Waals surface area contributed by atoms with E-state index in [1.165, 1.54) is 6.07 Å². The largest absolute Gasteiger partial charge is 0.450 e. The predicted molar refractivity (Wildman–Crippen MR) is 123 cm³/mol. The van der Waals surface area contributed by atoms with Crippen LogP contribution in [0.25, 0.3) is 0 Å². The molecular weight excluding hydrogens is 477 g/mol. The van der Waals surface area contributed by atoms with Gasteiger partial charge in [0.15, 0.2) is 0 Å². The molecule has 2 saturated heterocycles. The van der Waals surface area contributed by atoms with E-state index in [1.807, 2.05) is 0 Å². The summed E-state index contributed by atoms with van der Waals surface area (Å²) >= 11 is 0. The van der Waals surface area contributed by atoms with Crippen LogP contribution in [-0.2, 0) is 42.9 Å². The average Bonchev–Trinajstić information content (AvgIpc) is 3.11. The highest BCUT2D eigenvalue weighted by Crippen LogP contribution is 2.43. The Kier molecular flexibility index (Phi) is 6.63. The third-order valence-corrected chi connectivity index (χ3v) is 8.12. The summed E-state index contributed by atoms with van der Waals surface area (Å²) in [7, 11) is 1.67. The topological polar surface area (TPSA) is 68.3 Å². The van der Waals surface area contributed by atoms with Crippen LogP contribution in [0.5, 0.6) is 0 Å². The lowest BCUT2D eigenvalue weighted by Crippen LogP contribution is -2.56. The van der Waals surface area contributed by atoms with Gasteiger partial charge in [0.05, 0.1) is 23.8 Å². The fourth-order valence-electron chi connectivity index (χ4n) is 6.08. The lowest BCUT2D eigenvalue weighted by atomic mass is 9.81. The van der Waals surface area contributed by atoms with Crippen LogP contribution >= 0.6 is 0 Å². The van der Waals surface area contributed by atoms with Gasteiger partial charge >= 0.3 is 12.1 Å². The van der Waals surface area contributed by atoms with E-state index in [0.29, 0.717) is 68.8 Å². The van der Waals surface area contributed by atoms with Crippen LogP contribution in [0.1, 0.15) is 42.9 Å². The molecule has 2 unspecified atom stereocenters. The number of hydrogen-bond acceptors (Lipinski definition) is 6. The van der Waals surface area contributed by atoms with Crippen LogP contribution in [0.2, 0.25) is 0 Å². The summed E-state index contributed by atoms with van der Waals surface area (Å²) in [6, 6.07) is 3.90. The SMILES string of the molecule is COC1COCCC1N1CCC2(CC1)OC(=O)C(C)=C2C(=O)N1CCc2ccc(C(F)(F)F)cc2C1. The summed E-state index contributed by atoms with van der Waals surface area (Å²) in [4.78, 5) is 30.3. The second-order valence-electron chi connectivity index (χ2n) is 10.1. The van der Waals surface area contributed by atoms with E-state index in [0.717, 1.165) is 24.1 Å². The lowest BCUT2D eigenvalue weighted by Gasteiger charge is -2.46. The lowest BCUT2D eigenvalue weighted by molar-refractivity contribution is -0.154. The maximum Gasteiger partial charge on any atom is 0.416 e. The highest BCUT2D eigenvalue weighted by atomic mass is 19.4. The predicted octanol–water partition coefficient (Wildman–Crippen LogP) is 3.10. The van der Waals surface area contributed by atoms with Crippen molar-refractivity contribution >= 4 is 11.9 Å². The van der Waals surface area contributed by atoms with E-state index in [9.17, 15) is 22.8 Å². The molecule has 4 aliphatic rings. The van der Waals surface area contributed by atoms with Gasteiger partial charge in [-0.05, 0) is 43.0 Å². The zero-order valence-corrected chi connectivity index (χ0v) is 20.5. The Labute approximate surface area is 208 Å². The molecule has 1 aromatic carbocycles. The molecule has 36 heavy (non-hydrogen) atoms. The number of likely N-dealkylation sites (tertiary alicyclic amines) is 1. The summed E-state index contributed by atoms with van der Waals surface area (Å²) in [5.74, 6) is -0.819. The number of ether oxygens (including phenoxy) is 3. The van der Waals surface area contributed by atoms with Gasteiger partial charge in [-0.3, -0.25) is 9.69 Å². The Morgan fingerprint density at radius 3 is 2.61 bits per heavy atom. The maximum absolute atomic E-state index is 13.8. The summed E-state index contributed by atoms with van der Waals surface area (Å²) in [6.45, 7) is 4.53. The fourth-order valence-corrected chi connectivity index (χ4v) is 6.08. The quantitative estimate of drug-likeness (QED) is 0.585. The number of fused-ring (bicyclic) bond motifs is 1. The summed E-state index contributed by atoms with van der Waals surface area (Å²) in [6.07, 6.45) is -2.22. The van der Waals surface area contributed by atoms with Crippen LogP contribution < -0.4 is 0 Å². The van der Waals surface area contributed by atoms with Crippen molar-refractivity contribution < 1.29 is 37.0 Å². The minimum absolute atomic E-state index is 0.0349. The molecule has 4 heterocycles. The minimum atomic E-state index is -4.45. The normalized spacial score (nSPS) is 26.8. The van der Waals surface area contributed by atoms with Gasteiger partial charge < -0.3 is 19.1 Å². The Hall–Kier alpha value is -2.43. The Morgan fingerprint density at radius 1 is 1.17 bits per heavy atom. The van der Waals surface area contributed by atoms with Crippen molar-refractivity contribution in [1.29, 1.82) is 0 Å². The van der Waals surface area contributed by atoms with Gasteiger partial charge in [0, 0.05) is 64.4 Å². The number of rotatable bonds is 3. The van der Waals surface area contributed by atoms with Crippen LogP contribution in [0, 0.1) is 0 Å². The molecule has 196 valence electrons. The molecule has 0 saturated carbocycles. The summed E-state index contributed by atoms with van der Waals surface area (Å²) in [5, 5.41) is 0. The zero-order chi connectivity index (χ0) is 25.7. The Bertz CT molecular complexity index is 1080. The molecule has 1 spiro atoms. The number of hydrogen-bond donors (Lipinski definition) is 0. The second-order valence-corrected chi connectivity index (χ2v) is 10.1. The van der Waals surface area contributed by atoms with E-state index in [4.69, 9.17) is 14.2 Å². The first-order valence-corrected chi connectivity index (χ1v) is 12.4. The first-order valence-electron chi connectivity index (χ1n) is 12.4. The van der Waals surface area contributed by atoms with Gasteiger partial charge in [-0.25, -0.2) is 4.79 Å². The van der Waals surface area contributed by atoms with Gasteiger partial charge in [-0.2, -0.15) is 13.2 Å². The highest BCUT2D eigenvalue weighted by Gasteiger charge is 2.52. The summed E-state index contributed by atoms with van der Waals surface area (Å²) in [5.41, 5.74) is 0.223. The van der Waals surface area contributed by atoms with Gasteiger partial charge in [0.2, 0.25) is 0 Å². The van der Waals surface area contributed by atoms with Gasteiger partial charge in [0.1, 0.15) is 5.60 Å². The number of benzene rings is 1. The fraction of sp³-hybridized carbons (Fsp3) is 0.615. The number of piperidine rings is 1. The number of carbonyl (C=O) groups excluding carboxylic acids is 2. The molecule has 7 nitrogen and oxygen atoms in total. The van der Waals surface area contributed by atoms with Gasteiger partial charge in [-0.15, -0.1) is 0 Å². The second kappa shape index (κ2) is 9.46. The average molecular weight is 509 g/mol. The van der Waals surface area contributed by atoms with Crippen molar-refractivity contribution in [3.05, 3.63) is 46.0 Å². The van der Waals surface area contributed by atoms with Crippen molar-refractivity contribution in [3.8, 4) is 0 Å². The van der Waals surface area contributed by atoms with Gasteiger partial charge in [0.25, 0.3) is 5.91 Å². The molecule has 1 amide bonds. The van der Waals surface area contributed by atoms with E-state index < -0.39 is 23.3 Å². The number of halogens is 3. The first-order chi connectivity index (χ1) is 17.1. The number of carbonyl (C=O) groups is 2. The molecule has 0 aromatic heterocycles. The molecule has 0 radical (unpaired) electrons. The Morgan fingerprint density at radius 2 is 1.92 bits per heavy atom. The molecule has 2 atom stereocenters. The van der Waals surface area contributed by atoms with Crippen molar-refractivity contribution in [2.45, 2.75) is 63.1 Å². The summed E-state index contributed by atoms with van der Waals surface area (Å²) < 4.78 is 56.7. The van der Waals surface area contributed by atoms with Crippen LogP contribution in [-0.4, -0.2) is 79.4 Å². The Balaban J connectivity index is 1.34. The zero-order valence-electron chi connectivity index (χ0n) is 20.5. The monoisotopic (exact) mass is 508 g/mol. The molecular formula is C26H31F3N2O5. The smallest absolute Gasteiger partial charge is 0.416 e. The molecule has 2 fully saturated rings. The van der Waals surface area contributed by atoms with Crippen LogP contribution in [0.3, 0.4) is 0 Å². The van der Waals surface area contributed by atoms with Crippen LogP contribution in [0.15, 0.2) is 29.3 Å². The molecule has 5 rings (SSSR count). The van der Waals surface area contributed by atoms with Crippen molar-refractivity contribution in [2.75, 3.05) is 40.0 Å². The number of amides is 1. The number of nitrogens with zero attached hydrogens (tertiary/aromatic N) is 2. The molecule has 10 heteroatoms. The molecule has 0 N–H and O–H groups in total. The van der Waals surface area contributed by atoms with E-state index >= 15 is 0 Å². The molecule has 4 aliphatic heterocycles. The first kappa shape index (κ1) is 25.2. The molecule has 0 bridgehead atoms. The minimum Gasteiger partial charge on any atom is -0.450 e. The number of esters is 1. The third kappa shape index (κ3) is 4.43. The number of methoxy groups -OCH3 is 1. The van der Waals surface area contributed by atoms with E-state index in [1.54, 1.807) is 18.9 Å². The maximum atomic E-state index is 13.8. The highest BCUT2D eigenvalue weighted by molar-refractivity contribution is 6.07. The van der Waals surface area contributed by atoms with Crippen LogP contribution in [0.4, 0.5) is 13.2 Å².